The number of hydrogen-bond donors (Lipinski definition) is 1. The lowest BCUT2D eigenvalue weighted by Gasteiger charge is -2.09. The number of nitrogens with zero attached hydrogens (tertiary/aromatic N) is 2. The lowest BCUT2D eigenvalue weighted by molar-refractivity contribution is -0.120. The van der Waals surface area contributed by atoms with Crippen molar-refractivity contribution in [3.05, 3.63) is 53.9 Å². The molecule has 1 amide bonds. The van der Waals surface area contributed by atoms with Crippen molar-refractivity contribution in [1.29, 1.82) is 0 Å². The van der Waals surface area contributed by atoms with E-state index in [-0.39, 0.29) is 12.3 Å². The normalized spacial score (nSPS) is 11.0. The number of benzene rings is 1. The first kappa shape index (κ1) is 16.5. The first-order chi connectivity index (χ1) is 11.1. The summed E-state index contributed by atoms with van der Waals surface area (Å²) < 4.78 is 10.4. The van der Waals surface area contributed by atoms with Crippen molar-refractivity contribution < 1.29 is 14.3 Å². The van der Waals surface area contributed by atoms with E-state index in [1.54, 1.807) is 39.5 Å². The average molecular weight is 313 g/mol. The van der Waals surface area contributed by atoms with E-state index < -0.39 is 0 Å². The van der Waals surface area contributed by atoms with Crippen LogP contribution < -0.4 is 14.9 Å². The van der Waals surface area contributed by atoms with Gasteiger partial charge in [-0.2, -0.15) is 5.10 Å². The molecule has 2 aromatic rings. The third-order valence-electron chi connectivity index (χ3n) is 3.20. The molecule has 1 aromatic carbocycles. The van der Waals surface area contributed by atoms with Crippen LogP contribution in [0.5, 0.6) is 11.5 Å². The maximum atomic E-state index is 12.0. The summed E-state index contributed by atoms with van der Waals surface area (Å²) in [5.74, 6) is 0.999. The number of pyridine rings is 1. The van der Waals surface area contributed by atoms with Gasteiger partial charge in [-0.05, 0) is 36.8 Å². The Morgan fingerprint density at radius 2 is 1.96 bits per heavy atom. The van der Waals surface area contributed by atoms with Gasteiger partial charge in [0.2, 0.25) is 5.91 Å². The summed E-state index contributed by atoms with van der Waals surface area (Å²) in [6, 6.07) is 10.9. The predicted molar refractivity (Wildman–Crippen MR) is 87.8 cm³/mol. The largest absolute Gasteiger partial charge is 0.493 e. The molecule has 0 aliphatic heterocycles. The molecule has 0 unspecified atom stereocenters. The van der Waals surface area contributed by atoms with Gasteiger partial charge < -0.3 is 9.47 Å². The summed E-state index contributed by atoms with van der Waals surface area (Å²) in [4.78, 5) is 16.2. The van der Waals surface area contributed by atoms with Gasteiger partial charge in [0.1, 0.15) is 0 Å². The van der Waals surface area contributed by atoms with E-state index in [4.69, 9.17) is 9.47 Å². The molecule has 0 saturated carbocycles. The minimum atomic E-state index is -0.215. The van der Waals surface area contributed by atoms with Crippen molar-refractivity contribution in [1.82, 2.24) is 10.4 Å². The topological polar surface area (TPSA) is 72.8 Å². The van der Waals surface area contributed by atoms with Gasteiger partial charge in [0.05, 0.1) is 32.0 Å². The molecule has 0 fully saturated rings. The van der Waals surface area contributed by atoms with Crippen molar-refractivity contribution in [2.45, 2.75) is 13.3 Å². The molecule has 0 saturated heterocycles. The summed E-state index contributed by atoms with van der Waals surface area (Å²) in [6.45, 7) is 1.79. The minimum absolute atomic E-state index is 0.194. The van der Waals surface area contributed by atoms with Crippen LogP contribution in [-0.2, 0) is 11.2 Å². The number of aromatic nitrogens is 1. The molecule has 1 aromatic heterocycles. The van der Waals surface area contributed by atoms with Crippen molar-refractivity contribution in [2.75, 3.05) is 14.2 Å². The van der Waals surface area contributed by atoms with Crippen molar-refractivity contribution in [3.63, 3.8) is 0 Å². The van der Waals surface area contributed by atoms with Crippen LogP contribution in [0.3, 0.4) is 0 Å². The third kappa shape index (κ3) is 4.54. The van der Waals surface area contributed by atoms with Crippen LogP contribution in [0.25, 0.3) is 0 Å². The summed E-state index contributed by atoms with van der Waals surface area (Å²) >= 11 is 0. The van der Waals surface area contributed by atoms with Crippen LogP contribution in [0, 0.1) is 0 Å². The van der Waals surface area contributed by atoms with Crippen molar-refractivity contribution in [2.24, 2.45) is 5.10 Å². The molecule has 0 aliphatic rings. The predicted octanol–water partition coefficient (Wildman–Crippen LogP) is 2.18. The highest BCUT2D eigenvalue weighted by atomic mass is 16.5. The Kier molecular flexibility index (Phi) is 5.68. The van der Waals surface area contributed by atoms with E-state index in [0.29, 0.717) is 17.2 Å². The standard InChI is InChI=1S/C17H19N3O3/c1-12(14-6-4-5-9-18-14)19-20-17(21)11-13-7-8-15(22-2)16(10-13)23-3/h4-10H,11H2,1-3H3,(H,20,21)/b19-12-. The molecule has 6 nitrogen and oxygen atoms in total. The highest BCUT2D eigenvalue weighted by Gasteiger charge is 2.08. The Morgan fingerprint density at radius 3 is 2.61 bits per heavy atom. The van der Waals surface area contributed by atoms with Gasteiger partial charge in [0.25, 0.3) is 0 Å². The second-order valence-corrected chi connectivity index (χ2v) is 4.81. The molecule has 0 bridgehead atoms. The minimum Gasteiger partial charge on any atom is -0.493 e. The molecule has 23 heavy (non-hydrogen) atoms. The number of nitrogens with one attached hydrogen (secondary N) is 1. The molecule has 0 radical (unpaired) electrons. The van der Waals surface area contributed by atoms with Crippen LogP contribution in [0.4, 0.5) is 0 Å². The first-order valence-electron chi connectivity index (χ1n) is 7.09. The fourth-order valence-corrected chi connectivity index (χ4v) is 2.00. The Hall–Kier alpha value is -2.89. The maximum Gasteiger partial charge on any atom is 0.244 e. The van der Waals surface area contributed by atoms with Crippen molar-refractivity contribution >= 4 is 11.6 Å². The third-order valence-corrected chi connectivity index (χ3v) is 3.20. The summed E-state index contributed by atoms with van der Waals surface area (Å²) in [5, 5.41) is 4.07. The molecule has 0 spiro atoms. The second-order valence-electron chi connectivity index (χ2n) is 4.81. The molecule has 1 heterocycles. The van der Waals surface area contributed by atoms with Crippen LogP contribution in [-0.4, -0.2) is 30.8 Å². The van der Waals surface area contributed by atoms with Gasteiger partial charge in [-0.25, -0.2) is 5.43 Å². The number of carbonyl (C=O) groups is 1. The van der Waals surface area contributed by atoms with Crippen LogP contribution in [0.2, 0.25) is 0 Å². The van der Waals surface area contributed by atoms with Gasteiger partial charge in [-0.3, -0.25) is 9.78 Å². The number of methoxy groups -OCH3 is 2. The fraction of sp³-hybridized carbons (Fsp3) is 0.235. The smallest absolute Gasteiger partial charge is 0.244 e. The Morgan fingerprint density at radius 1 is 1.17 bits per heavy atom. The monoisotopic (exact) mass is 313 g/mol. The average Bonchev–Trinajstić information content (AvgIpc) is 2.60. The van der Waals surface area contributed by atoms with Crippen LogP contribution in [0.1, 0.15) is 18.2 Å². The molecule has 0 aliphatic carbocycles. The highest BCUT2D eigenvalue weighted by molar-refractivity contribution is 5.97. The summed E-state index contributed by atoms with van der Waals surface area (Å²) in [7, 11) is 3.13. The zero-order valence-corrected chi connectivity index (χ0v) is 13.4. The van der Waals surface area contributed by atoms with Crippen LogP contribution in [0.15, 0.2) is 47.7 Å². The highest BCUT2D eigenvalue weighted by Crippen LogP contribution is 2.27. The first-order valence-corrected chi connectivity index (χ1v) is 7.09. The fourth-order valence-electron chi connectivity index (χ4n) is 2.00. The number of rotatable bonds is 6. The molecular formula is C17H19N3O3. The molecule has 6 heteroatoms. The number of ether oxygens (including phenoxy) is 2. The Bertz CT molecular complexity index is 699. The van der Waals surface area contributed by atoms with Gasteiger partial charge in [-0.15, -0.1) is 0 Å². The van der Waals surface area contributed by atoms with Gasteiger partial charge in [0, 0.05) is 6.20 Å². The Labute approximate surface area is 135 Å². The van der Waals surface area contributed by atoms with E-state index in [9.17, 15) is 4.79 Å². The molecular weight excluding hydrogens is 294 g/mol. The van der Waals surface area contributed by atoms with Crippen molar-refractivity contribution in [3.8, 4) is 11.5 Å². The zero-order valence-electron chi connectivity index (χ0n) is 13.4. The van der Waals surface area contributed by atoms with E-state index in [1.807, 2.05) is 24.3 Å². The summed E-state index contributed by atoms with van der Waals surface area (Å²) in [6.07, 6.45) is 1.87. The van der Waals surface area contributed by atoms with E-state index >= 15 is 0 Å². The van der Waals surface area contributed by atoms with E-state index in [0.717, 1.165) is 11.3 Å². The quantitative estimate of drug-likeness (QED) is 0.655. The number of hydrazone groups is 1. The molecule has 1 N–H and O–H groups in total. The SMILES string of the molecule is COc1ccc(CC(=O)N/N=C(/C)c2ccccn2)cc1OC. The Balaban J connectivity index is 2.00. The second kappa shape index (κ2) is 7.93. The van der Waals surface area contributed by atoms with Crippen LogP contribution >= 0.6 is 0 Å². The number of amides is 1. The van der Waals surface area contributed by atoms with E-state index in [1.165, 1.54) is 0 Å². The lowest BCUT2D eigenvalue weighted by atomic mass is 10.1. The number of carbonyl (C=O) groups excluding carboxylic acids is 1. The molecule has 2 rings (SSSR count). The van der Waals surface area contributed by atoms with E-state index in [2.05, 4.69) is 15.5 Å². The van der Waals surface area contributed by atoms with Gasteiger partial charge in [0.15, 0.2) is 11.5 Å². The van der Waals surface area contributed by atoms with Gasteiger partial charge in [-0.1, -0.05) is 12.1 Å². The number of hydrogen-bond acceptors (Lipinski definition) is 5. The molecule has 120 valence electrons. The zero-order chi connectivity index (χ0) is 16.7. The van der Waals surface area contributed by atoms with Gasteiger partial charge >= 0.3 is 0 Å². The molecule has 0 atom stereocenters. The summed E-state index contributed by atoms with van der Waals surface area (Å²) in [5.41, 5.74) is 4.71. The maximum absolute atomic E-state index is 12.0. The lowest BCUT2D eigenvalue weighted by Crippen LogP contribution is -2.21.